The van der Waals surface area contributed by atoms with E-state index in [1.807, 2.05) is 6.08 Å². The molecule has 1 N–H and O–H groups in total. The molecule has 0 bridgehead atoms. The molecule has 0 amide bonds. The second-order valence-electron chi connectivity index (χ2n) is 11.9. The maximum absolute atomic E-state index is 13.4. The highest BCUT2D eigenvalue weighted by Gasteiger charge is 2.63. The summed E-state index contributed by atoms with van der Waals surface area (Å²) in [6.45, 7) is 7.71. The van der Waals surface area contributed by atoms with E-state index in [0.29, 0.717) is 30.1 Å². The van der Waals surface area contributed by atoms with Gasteiger partial charge in [0, 0.05) is 25.2 Å². The monoisotopic (exact) mass is 488 g/mol. The minimum absolute atomic E-state index is 0.0144. The van der Waals surface area contributed by atoms with Gasteiger partial charge in [-0.2, -0.15) is 0 Å². The van der Waals surface area contributed by atoms with Crippen LogP contribution in [0.4, 0.5) is 0 Å². The number of ether oxygens (including phenoxy) is 2. The summed E-state index contributed by atoms with van der Waals surface area (Å²) in [5.74, 6) is 0.250. The molecule has 7 heteroatoms. The summed E-state index contributed by atoms with van der Waals surface area (Å²) in [7, 11) is 0. The third-order valence-corrected chi connectivity index (χ3v) is 9.99. The third kappa shape index (κ3) is 4.61. The lowest BCUT2D eigenvalue weighted by atomic mass is 9.45. The number of aliphatic hydroxyl groups is 1. The molecule has 194 valence electrons. The molecular weight excluding hydrogens is 448 g/mol. The Morgan fingerprint density at radius 2 is 1.86 bits per heavy atom. The van der Waals surface area contributed by atoms with Crippen molar-refractivity contribution in [3.05, 3.63) is 11.6 Å². The van der Waals surface area contributed by atoms with E-state index >= 15 is 0 Å². The first-order chi connectivity index (χ1) is 16.5. The van der Waals surface area contributed by atoms with Crippen LogP contribution in [0.15, 0.2) is 11.6 Å². The van der Waals surface area contributed by atoms with Gasteiger partial charge in [-0.25, -0.2) is 0 Å². The Bertz CT molecular complexity index is 922. The van der Waals surface area contributed by atoms with Crippen molar-refractivity contribution in [1.29, 1.82) is 0 Å². The van der Waals surface area contributed by atoms with Crippen LogP contribution in [0.2, 0.25) is 0 Å². The summed E-state index contributed by atoms with van der Waals surface area (Å²) in [5, 5.41) is 9.06. The Morgan fingerprint density at radius 3 is 2.54 bits per heavy atom. The number of allylic oxidation sites excluding steroid dienone is 1. The highest BCUT2D eigenvalue weighted by Crippen LogP contribution is 2.68. The first-order valence-corrected chi connectivity index (χ1v) is 13.2. The molecular formula is C28H40O7. The molecule has 7 nitrogen and oxygen atoms in total. The largest absolute Gasteiger partial charge is 0.465 e. The van der Waals surface area contributed by atoms with Gasteiger partial charge in [0.2, 0.25) is 0 Å². The van der Waals surface area contributed by atoms with Crippen molar-refractivity contribution >= 4 is 23.5 Å². The second kappa shape index (κ2) is 9.79. The van der Waals surface area contributed by atoms with Gasteiger partial charge in [0.25, 0.3) is 0 Å². The average molecular weight is 489 g/mol. The van der Waals surface area contributed by atoms with E-state index in [0.717, 1.165) is 32.1 Å². The minimum Gasteiger partial charge on any atom is -0.465 e. The van der Waals surface area contributed by atoms with Gasteiger partial charge in [-0.3, -0.25) is 19.2 Å². The predicted molar refractivity (Wildman–Crippen MR) is 128 cm³/mol. The summed E-state index contributed by atoms with van der Waals surface area (Å²) in [4.78, 5) is 49.1. The minimum atomic E-state index is -0.479. The van der Waals surface area contributed by atoms with E-state index in [2.05, 4.69) is 20.8 Å². The molecule has 0 radical (unpaired) electrons. The van der Waals surface area contributed by atoms with Gasteiger partial charge in [-0.15, -0.1) is 0 Å². The van der Waals surface area contributed by atoms with Crippen molar-refractivity contribution in [3.63, 3.8) is 0 Å². The van der Waals surface area contributed by atoms with Crippen LogP contribution in [0.1, 0.15) is 72.6 Å². The first kappa shape index (κ1) is 26.1. The molecule has 0 aliphatic heterocycles. The molecule has 0 aromatic heterocycles. The molecule has 4 aliphatic carbocycles. The lowest BCUT2D eigenvalue weighted by Crippen LogP contribution is -2.53. The van der Waals surface area contributed by atoms with E-state index in [1.165, 1.54) is 12.5 Å². The fourth-order valence-electron chi connectivity index (χ4n) is 8.58. The number of carbonyl (C=O) groups is 4. The van der Waals surface area contributed by atoms with E-state index in [9.17, 15) is 19.2 Å². The zero-order chi connectivity index (χ0) is 25.5. The molecule has 3 saturated carbocycles. The Balaban J connectivity index is 1.63. The maximum Gasteiger partial charge on any atom is 0.308 e. The number of carbonyl (C=O) groups excluding carboxylic acids is 4. The first-order valence-electron chi connectivity index (χ1n) is 13.2. The zero-order valence-electron chi connectivity index (χ0n) is 21.5. The van der Waals surface area contributed by atoms with Crippen LogP contribution in [-0.2, 0) is 28.7 Å². The topological polar surface area (TPSA) is 107 Å². The van der Waals surface area contributed by atoms with Gasteiger partial charge in [0.05, 0.1) is 19.6 Å². The van der Waals surface area contributed by atoms with Crippen molar-refractivity contribution in [3.8, 4) is 0 Å². The summed E-state index contributed by atoms with van der Waals surface area (Å²) in [6, 6.07) is 0. The average Bonchev–Trinajstić information content (AvgIpc) is 3.10. The smallest absolute Gasteiger partial charge is 0.308 e. The van der Waals surface area contributed by atoms with Gasteiger partial charge >= 0.3 is 11.9 Å². The summed E-state index contributed by atoms with van der Waals surface area (Å²) in [5.41, 5.74) is 1.07. The van der Waals surface area contributed by atoms with E-state index in [4.69, 9.17) is 14.6 Å². The predicted octanol–water partition coefficient (Wildman–Crippen LogP) is 3.66. The normalized spacial score (nSPS) is 40.1. The molecule has 0 aromatic carbocycles. The number of ketones is 2. The van der Waals surface area contributed by atoms with Gasteiger partial charge in [0.1, 0.15) is 6.61 Å². The summed E-state index contributed by atoms with van der Waals surface area (Å²) < 4.78 is 10.6. The van der Waals surface area contributed by atoms with Gasteiger partial charge in [0.15, 0.2) is 11.6 Å². The van der Waals surface area contributed by atoms with Crippen LogP contribution in [0.5, 0.6) is 0 Å². The van der Waals surface area contributed by atoms with Crippen LogP contribution in [0, 0.1) is 46.3 Å². The number of rotatable bonds is 7. The van der Waals surface area contributed by atoms with Crippen LogP contribution >= 0.6 is 0 Å². The molecule has 8 atom stereocenters. The van der Waals surface area contributed by atoms with Crippen LogP contribution < -0.4 is 0 Å². The zero-order valence-corrected chi connectivity index (χ0v) is 21.5. The standard InChI is InChI=1S/C28H40O7/c1-16-11-20-21(27(3)8-5-19(31)13-22(16)27)6-9-28(4)23(20)12-18(14-35-25(33)7-10-29)26(28)24(32)15-34-17(2)30/h13,16,18,20-21,23,26,29H,5-12,14-15H2,1-4H3/t16-,18-,20+,21-,23-,26+,27+,28-/m0/s1. The van der Waals surface area contributed by atoms with E-state index in [1.54, 1.807) is 0 Å². The number of hydrogen-bond donors (Lipinski definition) is 1. The quantitative estimate of drug-likeness (QED) is 0.545. The van der Waals surface area contributed by atoms with Crippen molar-refractivity contribution in [2.45, 2.75) is 72.6 Å². The highest BCUT2D eigenvalue weighted by atomic mass is 16.5. The molecule has 4 rings (SSSR count). The number of Topliss-reactive ketones (excluding diaryl/α,β-unsaturated/α-hetero) is 1. The molecule has 35 heavy (non-hydrogen) atoms. The van der Waals surface area contributed by atoms with E-state index in [-0.39, 0.29) is 60.5 Å². The third-order valence-electron chi connectivity index (χ3n) is 9.99. The molecule has 0 spiro atoms. The molecule has 3 fully saturated rings. The van der Waals surface area contributed by atoms with Crippen molar-refractivity contribution in [2.24, 2.45) is 46.3 Å². The van der Waals surface area contributed by atoms with Crippen LogP contribution in [0.25, 0.3) is 0 Å². The van der Waals surface area contributed by atoms with Crippen molar-refractivity contribution in [2.75, 3.05) is 19.8 Å². The molecule has 0 heterocycles. The maximum atomic E-state index is 13.4. The van der Waals surface area contributed by atoms with Gasteiger partial charge in [-0.1, -0.05) is 26.3 Å². The number of aliphatic hydroxyl groups excluding tert-OH is 1. The van der Waals surface area contributed by atoms with E-state index < -0.39 is 11.9 Å². The molecule has 4 aliphatic rings. The highest BCUT2D eigenvalue weighted by molar-refractivity contribution is 5.91. The molecule has 0 saturated heterocycles. The van der Waals surface area contributed by atoms with Crippen LogP contribution in [0.3, 0.4) is 0 Å². The SMILES string of the molecule is CC(=O)OCC(=O)[C@H]1[C@H](COC(=O)CCO)C[C@H]2[C@@H]3C[C@H](C)C4=CC(=O)CC[C@]4(C)[C@H]3CC[C@@]21C. The fraction of sp³-hybridized carbons (Fsp3) is 0.786. The number of fused-ring (bicyclic) bond motifs is 5. The van der Waals surface area contributed by atoms with Crippen molar-refractivity contribution in [1.82, 2.24) is 0 Å². The van der Waals surface area contributed by atoms with Crippen LogP contribution in [-0.4, -0.2) is 48.4 Å². The summed E-state index contributed by atoms with van der Waals surface area (Å²) >= 11 is 0. The molecule has 0 aromatic rings. The number of esters is 2. The Hall–Kier alpha value is -2.02. The Kier molecular flexibility index (Phi) is 7.29. The second-order valence-corrected chi connectivity index (χ2v) is 11.9. The number of hydrogen-bond acceptors (Lipinski definition) is 7. The fourth-order valence-corrected chi connectivity index (χ4v) is 8.58. The lowest BCUT2D eigenvalue weighted by molar-refractivity contribution is -0.152. The van der Waals surface area contributed by atoms with Gasteiger partial charge < -0.3 is 14.6 Å². The van der Waals surface area contributed by atoms with Gasteiger partial charge in [-0.05, 0) is 72.7 Å². The summed E-state index contributed by atoms with van der Waals surface area (Å²) in [6.07, 6.45) is 7.04. The Morgan fingerprint density at radius 1 is 1.11 bits per heavy atom. The van der Waals surface area contributed by atoms with Crippen molar-refractivity contribution < 1.29 is 33.8 Å². The lowest BCUT2D eigenvalue weighted by Gasteiger charge is -2.59. The molecule has 0 unspecified atom stereocenters. The Labute approximate surface area is 208 Å².